The summed E-state index contributed by atoms with van der Waals surface area (Å²) in [7, 11) is -3.93. The summed E-state index contributed by atoms with van der Waals surface area (Å²) in [5.74, 6) is 0.341. The van der Waals surface area contributed by atoms with Crippen LogP contribution in [0.1, 0.15) is 25.0 Å². The van der Waals surface area contributed by atoms with Crippen LogP contribution in [-0.4, -0.2) is 20.2 Å². The van der Waals surface area contributed by atoms with E-state index in [-0.39, 0.29) is 16.5 Å². The van der Waals surface area contributed by atoms with Crippen LogP contribution in [-0.2, 0) is 10.0 Å². The van der Waals surface area contributed by atoms with E-state index in [9.17, 15) is 12.8 Å². The van der Waals surface area contributed by atoms with Crippen LogP contribution in [0.15, 0.2) is 33.7 Å². The van der Waals surface area contributed by atoms with Gasteiger partial charge in [-0.3, -0.25) is 4.72 Å². The molecule has 1 aliphatic carbocycles. The van der Waals surface area contributed by atoms with Crippen LogP contribution in [0, 0.1) is 18.7 Å². The molecule has 2 aromatic rings. The van der Waals surface area contributed by atoms with Crippen molar-refractivity contribution in [3.05, 3.63) is 35.8 Å². The highest BCUT2D eigenvalue weighted by Gasteiger charge is 2.21. The Kier molecular flexibility index (Phi) is 4.25. The Morgan fingerprint density at radius 2 is 2.17 bits per heavy atom. The Morgan fingerprint density at radius 3 is 2.74 bits per heavy atom. The topological polar surface area (TPSA) is 81.4 Å². The monoisotopic (exact) mass is 340 g/mol. The van der Waals surface area contributed by atoms with Gasteiger partial charge in [0.15, 0.2) is 17.4 Å². The third kappa shape index (κ3) is 3.64. The predicted molar refractivity (Wildman–Crippen MR) is 81.3 cm³/mol. The average Bonchev–Trinajstić information content (AvgIpc) is 2.83. The molecule has 0 bridgehead atoms. The summed E-state index contributed by atoms with van der Waals surface area (Å²) in [6, 6.07) is 5.00. The SMILES string of the molecule is Cc1cc(NS(=O)(=O)c2ccc(OCC3CCC3)c(F)c2)no1. The van der Waals surface area contributed by atoms with Crippen molar-refractivity contribution in [1.29, 1.82) is 0 Å². The van der Waals surface area contributed by atoms with Crippen LogP contribution in [0.2, 0.25) is 0 Å². The zero-order chi connectivity index (χ0) is 16.4. The van der Waals surface area contributed by atoms with Gasteiger partial charge >= 0.3 is 0 Å². The van der Waals surface area contributed by atoms with E-state index in [1.807, 2.05) is 0 Å². The van der Waals surface area contributed by atoms with Crippen LogP contribution < -0.4 is 9.46 Å². The van der Waals surface area contributed by atoms with Gasteiger partial charge in [0, 0.05) is 6.07 Å². The Hall–Kier alpha value is -2.09. The fraction of sp³-hybridized carbons (Fsp3) is 0.400. The Bertz CT molecular complexity index is 800. The van der Waals surface area contributed by atoms with Crippen molar-refractivity contribution in [1.82, 2.24) is 5.16 Å². The molecule has 0 unspecified atom stereocenters. The standard InChI is InChI=1S/C15H17FN2O4S/c1-10-7-15(17-22-10)18-23(19,20)12-5-6-14(13(16)8-12)21-9-11-3-2-4-11/h5-8,11H,2-4,9H2,1H3,(H,17,18). The van der Waals surface area contributed by atoms with E-state index < -0.39 is 15.8 Å². The molecule has 3 rings (SSSR count). The number of sulfonamides is 1. The Morgan fingerprint density at radius 1 is 1.39 bits per heavy atom. The summed E-state index contributed by atoms with van der Waals surface area (Å²) in [5.41, 5.74) is 0. The summed E-state index contributed by atoms with van der Waals surface area (Å²) < 4.78 is 50.9. The number of nitrogens with one attached hydrogen (secondary N) is 1. The average molecular weight is 340 g/mol. The van der Waals surface area contributed by atoms with Gasteiger partial charge < -0.3 is 9.26 Å². The lowest BCUT2D eigenvalue weighted by Crippen LogP contribution is -2.19. The number of nitrogens with zero attached hydrogens (tertiary/aromatic N) is 1. The van der Waals surface area contributed by atoms with Gasteiger partial charge in [-0.1, -0.05) is 11.6 Å². The molecule has 0 radical (unpaired) electrons. The zero-order valence-corrected chi connectivity index (χ0v) is 13.4. The second kappa shape index (κ2) is 6.19. The van der Waals surface area contributed by atoms with Crippen molar-refractivity contribution >= 4 is 15.8 Å². The first-order valence-corrected chi connectivity index (χ1v) is 8.81. The quantitative estimate of drug-likeness (QED) is 0.874. The minimum Gasteiger partial charge on any atom is -0.490 e. The third-order valence-electron chi connectivity index (χ3n) is 3.78. The number of ether oxygens (including phenoxy) is 1. The van der Waals surface area contributed by atoms with E-state index in [1.165, 1.54) is 24.6 Å². The highest BCUT2D eigenvalue weighted by Crippen LogP contribution is 2.28. The second-order valence-corrected chi connectivity index (χ2v) is 7.31. The first kappa shape index (κ1) is 15.8. The van der Waals surface area contributed by atoms with Crippen molar-refractivity contribution in [3.63, 3.8) is 0 Å². The van der Waals surface area contributed by atoms with Gasteiger partial charge in [-0.15, -0.1) is 0 Å². The summed E-state index contributed by atoms with van der Waals surface area (Å²) in [4.78, 5) is -0.202. The molecule has 1 fully saturated rings. The van der Waals surface area contributed by atoms with Gasteiger partial charge in [0.2, 0.25) is 0 Å². The molecule has 1 aromatic heterocycles. The molecule has 0 spiro atoms. The molecule has 1 heterocycles. The summed E-state index contributed by atoms with van der Waals surface area (Å²) in [6.07, 6.45) is 3.37. The molecule has 1 aliphatic rings. The fourth-order valence-corrected chi connectivity index (χ4v) is 3.24. The van der Waals surface area contributed by atoms with Crippen LogP contribution in [0.3, 0.4) is 0 Å². The lowest BCUT2D eigenvalue weighted by molar-refractivity contribution is 0.175. The maximum absolute atomic E-state index is 14.0. The van der Waals surface area contributed by atoms with E-state index >= 15 is 0 Å². The number of benzene rings is 1. The van der Waals surface area contributed by atoms with Gasteiger partial charge in [0.25, 0.3) is 10.0 Å². The molecule has 0 aliphatic heterocycles. The summed E-state index contributed by atoms with van der Waals surface area (Å²) in [5, 5.41) is 3.55. The van der Waals surface area contributed by atoms with Crippen LogP contribution in [0.4, 0.5) is 10.2 Å². The number of aryl methyl sites for hydroxylation is 1. The highest BCUT2D eigenvalue weighted by atomic mass is 32.2. The molecular formula is C15H17FN2O4S. The maximum Gasteiger partial charge on any atom is 0.263 e. The molecule has 1 aromatic carbocycles. The van der Waals surface area contributed by atoms with Gasteiger partial charge in [-0.25, -0.2) is 12.8 Å². The second-order valence-electron chi connectivity index (χ2n) is 5.63. The third-order valence-corrected chi connectivity index (χ3v) is 5.13. The van der Waals surface area contributed by atoms with Crippen molar-refractivity contribution < 1.29 is 22.1 Å². The molecular weight excluding hydrogens is 323 g/mol. The molecule has 124 valence electrons. The molecule has 6 nitrogen and oxygen atoms in total. The number of hydrogen-bond acceptors (Lipinski definition) is 5. The Balaban J connectivity index is 1.72. The fourth-order valence-electron chi connectivity index (χ4n) is 2.24. The molecule has 0 saturated heterocycles. The highest BCUT2D eigenvalue weighted by molar-refractivity contribution is 7.92. The number of halogens is 1. The number of hydrogen-bond donors (Lipinski definition) is 1. The summed E-state index contributed by atoms with van der Waals surface area (Å²) >= 11 is 0. The maximum atomic E-state index is 14.0. The molecule has 23 heavy (non-hydrogen) atoms. The van der Waals surface area contributed by atoms with Crippen molar-refractivity contribution in [2.24, 2.45) is 5.92 Å². The van der Waals surface area contributed by atoms with Crippen molar-refractivity contribution in [3.8, 4) is 5.75 Å². The molecule has 1 N–H and O–H groups in total. The molecule has 8 heteroatoms. The lowest BCUT2D eigenvalue weighted by atomic mass is 9.86. The number of aromatic nitrogens is 1. The lowest BCUT2D eigenvalue weighted by Gasteiger charge is -2.25. The smallest absolute Gasteiger partial charge is 0.263 e. The first-order chi connectivity index (χ1) is 10.9. The molecule has 0 amide bonds. The van der Waals surface area contributed by atoms with E-state index in [0.29, 0.717) is 18.3 Å². The first-order valence-electron chi connectivity index (χ1n) is 7.32. The number of rotatable bonds is 6. The van der Waals surface area contributed by atoms with Crippen LogP contribution in [0.25, 0.3) is 0 Å². The van der Waals surface area contributed by atoms with Gasteiger partial charge in [0.05, 0.1) is 11.5 Å². The number of anilines is 1. The van der Waals surface area contributed by atoms with Crippen molar-refractivity contribution in [2.45, 2.75) is 31.1 Å². The normalized spacial score (nSPS) is 15.2. The molecule has 1 saturated carbocycles. The van der Waals surface area contributed by atoms with E-state index in [2.05, 4.69) is 9.88 Å². The van der Waals surface area contributed by atoms with Gasteiger partial charge in [-0.05, 0) is 43.9 Å². The zero-order valence-electron chi connectivity index (χ0n) is 12.6. The largest absolute Gasteiger partial charge is 0.490 e. The summed E-state index contributed by atoms with van der Waals surface area (Å²) in [6.45, 7) is 2.10. The minimum absolute atomic E-state index is 0.0493. The molecule has 0 atom stereocenters. The van der Waals surface area contributed by atoms with Crippen LogP contribution >= 0.6 is 0 Å². The predicted octanol–water partition coefficient (Wildman–Crippen LogP) is 3.10. The minimum atomic E-state index is -3.93. The van der Waals surface area contributed by atoms with Crippen LogP contribution in [0.5, 0.6) is 5.75 Å². The van der Waals surface area contributed by atoms with E-state index in [1.54, 1.807) is 6.92 Å². The van der Waals surface area contributed by atoms with Gasteiger partial charge in [0.1, 0.15) is 5.76 Å². The van der Waals surface area contributed by atoms with Crippen molar-refractivity contribution in [2.75, 3.05) is 11.3 Å². The van der Waals surface area contributed by atoms with E-state index in [0.717, 1.165) is 18.9 Å². The van der Waals surface area contributed by atoms with E-state index in [4.69, 9.17) is 9.26 Å². The Labute approximate surface area is 133 Å². The van der Waals surface area contributed by atoms with Gasteiger partial charge in [-0.2, -0.15) is 0 Å².